The van der Waals surface area contributed by atoms with Gasteiger partial charge in [-0.25, -0.2) is 9.97 Å². The Balaban J connectivity index is 2.34. The minimum absolute atomic E-state index is 0.660. The van der Waals surface area contributed by atoms with Crippen molar-refractivity contribution in [1.82, 2.24) is 19.9 Å². The Morgan fingerprint density at radius 1 is 1.00 bits per heavy atom. The van der Waals surface area contributed by atoms with Crippen LogP contribution < -0.4 is 0 Å². The first-order valence-electron chi connectivity index (χ1n) is 4.03. The molecule has 0 unspecified atom stereocenters. The Morgan fingerprint density at radius 3 is 2.36 bits per heavy atom. The van der Waals surface area contributed by atoms with E-state index in [1.807, 2.05) is 0 Å². The molecule has 0 amide bonds. The first-order valence-corrected chi connectivity index (χ1v) is 5.15. The van der Waals surface area contributed by atoms with Crippen LogP contribution in [-0.2, 0) is 5.33 Å². The maximum atomic E-state index is 4.15. The first-order chi connectivity index (χ1) is 6.90. The quantitative estimate of drug-likeness (QED) is 0.764. The van der Waals surface area contributed by atoms with Gasteiger partial charge in [-0.15, -0.1) is 0 Å². The molecule has 0 saturated carbocycles. The van der Waals surface area contributed by atoms with Gasteiger partial charge in [0.1, 0.15) is 5.82 Å². The molecule has 0 saturated heterocycles. The Labute approximate surface area is 89.6 Å². The van der Waals surface area contributed by atoms with Crippen molar-refractivity contribution in [3.8, 4) is 11.3 Å². The number of hydrogen-bond acceptors (Lipinski definition) is 4. The molecule has 0 radical (unpaired) electrons. The van der Waals surface area contributed by atoms with E-state index in [1.54, 1.807) is 31.0 Å². The maximum absolute atomic E-state index is 4.15. The highest BCUT2D eigenvalue weighted by Gasteiger charge is 2.00. The van der Waals surface area contributed by atoms with E-state index in [9.17, 15) is 0 Å². The second-order valence-corrected chi connectivity index (χ2v) is 3.17. The van der Waals surface area contributed by atoms with Gasteiger partial charge in [0.2, 0.25) is 0 Å². The highest BCUT2D eigenvalue weighted by Crippen LogP contribution is 2.12. The van der Waals surface area contributed by atoms with Gasteiger partial charge in [-0.3, -0.25) is 9.97 Å². The van der Waals surface area contributed by atoms with Crippen LogP contribution in [0.4, 0.5) is 0 Å². The highest BCUT2D eigenvalue weighted by atomic mass is 79.9. The van der Waals surface area contributed by atoms with Crippen LogP contribution in [0.2, 0.25) is 0 Å². The van der Waals surface area contributed by atoms with E-state index in [4.69, 9.17) is 0 Å². The summed E-state index contributed by atoms with van der Waals surface area (Å²) in [6, 6.07) is 0. The zero-order chi connectivity index (χ0) is 9.80. The summed E-state index contributed by atoms with van der Waals surface area (Å²) in [4.78, 5) is 16.4. The number of nitrogens with zero attached hydrogens (tertiary/aromatic N) is 4. The molecule has 0 aliphatic carbocycles. The van der Waals surface area contributed by atoms with E-state index < -0.39 is 0 Å². The van der Waals surface area contributed by atoms with Crippen molar-refractivity contribution in [3.05, 3.63) is 36.8 Å². The van der Waals surface area contributed by atoms with E-state index in [0.717, 1.165) is 17.1 Å². The molecule has 2 aromatic heterocycles. The van der Waals surface area contributed by atoms with Crippen LogP contribution in [0.1, 0.15) is 5.82 Å². The normalized spacial score (nSPS) is 10.1. The van der Waals surface area contributed by atoms with Crippen LogP contribution >= 0.6 is 15.9 Å². The third kappa shape index (κ3) is 1.93. The average molecular weight is 251 g/mol. The molecule has 5 heteroatoms. The molecule has 0 N–H and O–H groups in total. The summed E-state index contributed by atoms with van der Waals surface area (Å²) < 4.78 is 0. The summed E-state index contributed by atoms with van der Waals surface area (Å²) in [7, 11) is 0. The molecule has 0 aliphatic rings. The minimum Gasteiger partial charge on any atom is -0.261 e. The predicted molar refractivity (Wildman–Crippen MR) is 55.7 cm³/mol. The van der Waals surface area contributed by atoms with Gasteiger partial charge in [0, 0.05) is 30.4 Å². The number of aromatic nitrogens is 4. The summed E-state index contributed by atoms with van der Waals surface area (Å²) in [6.45, 7) is 0. The van der Waals surface area contributed by atoms with Crippen LogP contribution in [0, 0.1) is 0 Å². The van der Waals surface area contributed by atoms with Gasteiger partial charge in [-0.2, -0.15) is 0 Å². The highest BCUT2D eigenvalue weighted by molar-refractivity contribution is 9.08. The Bertz CT molecular complexity index is 401. The molecule has 0 aromatic carbocycles. The predicted octanol–water partition coefficient (Wildman–Crippen LogP) is 1.83. The van der Waals surface area contributed by atoms with Crippen molar-refractivity contribution in [2.45, 2.75) is 5.33 Å². The molecule has 2 heterocycles. The summed E-state index contributed by atoms with van der Waals surface area (Å²) in [5.41, 5.74) is 1.66. The number of halogens is 1. The fraction of sp³-hybridized carbons (Fsp3) is 0.111. The van der Waals surface area contributed by atoms with Crippen molar-refractivity contribution in [2.24, 2.45) is 0 Å². The maximum Gasteiger partial charge on any atom is 0.138 e. The SMILES string of the molecule is BrCc1ncc(-c2cnccn2)cn1. The second-order valence-electron chi connectivity index (χ2n) is 2.61. The summed E-state index contributed by atoms with van der Waals surface area (Å²) >= 11 is 3.29. The van der Waals surface area contributed by atoms with Gasteiger partial charge in [0.15, 0.2) is 0 Å². The largest absolute Gasteiger partial charge is 0.261 e. The summed E-state index contributed by atoms with van der Waals surface area (Å²) in [5.74, 6) is 0.762. The monoisotopic (exact) mass is 250 g/mol. The molecule has 4 nitrogen and oxygen atoms in total. The second kappa shape index (κ2) is 4.23. The topological polar surface area (TPSA) is 51.6 Å². The van der Waals surface area contributed by atoms with Crippen LogP contribution in [0.3, 0.4) is 0 Å². The molecule has 2 aromatic rings. The van der Waals surface area contributed by atoms with Crippen molar-refractivity contribution in [3.63, 3.8) is 0 Å². The molecular formula is C9H7BrN4. The average Bonchev–Trinajstić information content (AvgIpc) is 2.30. The lowest BCUT2D eigenvalue weighted by Gasteiger charge is -1.98. The van der Waals surface area contributed by atoms with Crippen molar-refractivity contribution < 1.29 is 0 Å². The molecule has 0 bridgehead atoms. The van der Waals surface area contributed by atoms with Crippen molar-refractivity contribution in [2.75, 3.05) is 0 Å². The van der Waals surface area contributed by atoms with Gasteiger partial charge in [-0.1, -0.05) is 15.9 Å². The third-order valence-corrected chi connectivity index (χ3v) is 2.19. The number of rotatable bonds is 2. The fourth-order valence-corrected chi connectivity index (χ4v) is 1.29. The van der Waals surface area contributed by atoms with E-state index in [1.165, 1.54) is 0 Å². The lowest BCUT2D eigenvalue weighted by molar-refractivity contribution is 1.04. The van der Waals surface area contributed by atoms with Crippen LogP contribution in [0.25, 0.3) is 11.3 Å². The zero-order valence-corrected chi connectivity index (χ0v) is 8.85. The van der Waals surface area contributed by atoms with Gasteiger partial charge >= 0.3 is 0 Å². The molecule has 0 atom stereocenters. The summed E-state index contributed by atoms with van der Waals surface area (Å²) in [6.07, 6.45) is 8.46. The van der Waals surface area contributed by atoms with Crippen LogP contribution in [-0.4, -0.2) is 19.9 Å². The molecule has 2 rings (SSSR count). The van der Waals surface area contributed by atoms with E-state index in [-0.39, 0.29) is 0 Å². The lowest BCUT2D eigenvalue weighted by atomic mass is 10.2. The van der Waals surface area contributed by atoms with E-state index in [0.29, 0.717) is 5.33 Å². The van der Waals surface area contributed by atoms with Crippen LogP contribution in [0.5, 0.6) is 0 Å². The van der Waals surface area contributed by atoms with Gasteiger partial charge < -0.3 is 0 Å². The van der Waals surface area contributed by atoms with Crippen LogP contribution in [0.15, 0.2) is 31.0 Å². The minimum atomic E-state index is 0.660. The molecule has 14 heavy (non-hydrogen) atoms. The Morgan fingerprint density at radius 2 is 1.79 bits per heavy atom. The smallest absolute Gasteiger partial charge is 0.138 e. The van der Waals surface area contributed by atoms with Crippen molar-refractivity contribution >= 4 is 15.9 Å². The zero-order valence-electron chi connectivity index (χ0n) is 7.26. The molecule has 0 spiro atoms. The van der Waals surface area contributed by atoms with Crippen molar-refractivity contribution in [1.29, 1.82) is 0 Å². The van der Waals surface area contributed by atoms with E-state index >= 15 is 0 Å². The first kappa shape index (κ1) is 9.21. The fourth-order valence-electron chi connectivity index (χ4n) is 1.00. The number of alkyl halides is 1. The standard InChI is InChI=1S/C9H7BrN4/c10-3-9-13-4-7(5-14-9)8-6-11-1-2-12-8/h1-2,4-6H,3H2. The molecule has 70 valence electrons. The number of hydrogen-bond donors (Lipinski definition) is 0. The summed E-state index contributed by atoms with van der Waals surface area (Å²) in [5, 5.41) is 0.660. The van der Waals surface area contributed by atoms with Gasteiger partial charge in [0.05, 0.1) is 17.2 Å². The lowest BCUT2D eigenvalue weighted by Crippen LogP contribution is -1.92. The Hall–Kier alpha value is -1.36. The Kier molecular flexibility index (Phi) is 2.78. The molecule has 0 fully saturated rings. The molecule has 0 aliphatic heterocycles. The van der Waals surface area contributed by atoms with Gasteiger partial charge in [-0.05, 0) is 0 Å². The third-order valence-electron chi connectivity index (χ3n) is 1.68. The van der Waals surface area contributed by atoms with Gasteiger partial charge in [0.25, 0.3) is 0 Å². The van der Waals surface area contributed by atoms with E-state index in [2.05, 4.69) is 35.9 Å². The molecular weight excluding hydrogens is 244 g/mol.